The van der Waals surface area contributed by atoms with Crippen LogP contribution in [-0.4, -0.2) is 35.6 Å². The minimum Gasteiger partial charge on any atom is -0.372 e. The molecule has 1 aliphatic heterocycles. The maximum Gasteiger partial charge on any atom is 0.373 e. The van der Waals surface area contributed by atoms with Gasteiger partial charge in [-0.1, -0.05) is 29.3 Å². The SMILES string of the molecule is Clc1ccc([C@@H]2OCCNC[C@H]2Cn2nccc2C2CC2)cc1Cl.O=C=O. The Labute approximate surface area is 167 Å². The summed E-state index contributed by atoms with van der Waals surface area (Å²) < 4.78 is 8.31. The average Bonchev–Trinajstić information content (AvgIpc) is 3.43. The Morgan fingerprint density at radius 3 is 2.70 bits per heavy atom. The van der Waals surface area contributed by atoms with Gasteiger partial charge in [-0.3, -0.25) is 4.68 Å². The van der Waals surface area contributed by atoms with Crippen molar-refractivity contribution in [2.75, 3.05) is 19.7 Å². The van der Waals surface area contributed by atoms with Crippen LogP contribution in [0.3, 0.4) is 0 Å². The van der Waals surface area contributed by atoms with Crippen LogP contribution in [0.25, 0.3) is 0 Å². The van der Waals surface area contributed by atoms with Crippen LogP contribution in [0.2, 0.25) is 10.0 Å². The zero-order chi connectivity index (χ0) is 19.2. The predicted octanol–water partition coefficient (Wildman–Crippen LogP) is 3.46. The highest BCUT2D eigenvalue weighted by atomic mass is 35.5. The molecule has 0 amide bonds. The molecule has 8 heteroatoms. The van der Waals surface area contributed by atoms with Gasteiger partial charge in [-0.25, -0.2) is 0 Å². The second-order valence-corrected chi connectivity index (χ2v) is 7.54. The van der Waals surface area contributed by atoms with Crippen LogP contribution < -0.4 is 5.32 Å². The predicted molar refractivity (Wildman–Crippen MR) is 101 cm³/mol. The monoisotopic (exact) mass is 409 g/mol. The molecule has 0 bridgehead atoms. The third-order valence-corrected chi connectivity index (χ3v) is 5.57. The van der Waals surface area contributed by atoms with E-state index < -0.39 is 0 Å². The average molecular weight is 410 g/mol. The van der Waals surface area contributed by atoms with E-state index in [-0.39, 0.29) is 12.3 Å². The Bertz CT molecular complexity index is 801. The number of hydrogen-bond acceptors (Lipinski definition) is 5. The van der Waals surface area contributed by atoms with Crippen LogP contribution >= 0.6 is 23.2 Å². The lowest BCUT2D eigenvalue weighted by Crippen LogP contribution is -2.29. The molecular weight excluding hydrogens is 389 g/mol. The van der Waals surface area contributed by atoms with Gasteiger partial charge in [0.05, 0.1) is 22.8 Å². The molecule has 0 spiro atoms. The van der Waals surface area contributed by atoms with Crippen LogP contribution in [-0.2, 0) is 20.9 Å². The number of aromatic nitrogens is 2. The molecule has 6 nitrogen and oxygen atoms in total. The van der Waals surface area contributed by atoms with Crippen molar-refractivity contribution < 1.29 is 14.3 Å². The zero-order valence-electron chi connectivity index (χ0n) is 14.7. The van der Waals surface area contributed by atoms with Crippen LogP contribution in [0.4, 0.5) is 0 Å². The van der Waals surface area contributed by atoms with Crippen molar-refractivity contribution in [2.45, 2.75) is 31.4 Å². The van der Waals surface area contributed by atoms with E-state index in [2.05, 4.69) is 21.2 Å². The van der Waals surface area contributed by atoms with Gasteiger partial charge in [-0.05, 0) is 36.6 Å². The molecule has 2 aromatic rings. The summed E-state index contributed by atoms with van der Waals surface area (Å²) in [6.07, 6.45) is 4.71. The van der Waals surface area contributed by atoms with E-state index in [4.69, 9.17) is 37.5 Å². The van der Waals surface area contributed by atoms with Crippen LogP contribution in [0, 0.1) is 5.92 Å². The lowest BCUT2D eigenvalue weighted by atomic mass is 9.95. The fourth-order valence-corrected chi connectivity index (χ4v) is 3.76. The maximum atomic E-state index is 8.12. The number of nitrogens with one attached hydrogen (secondary N) is 1. The molecule has 2 atom stereocenters. The highest BCUT2D eigenvalue weighted by Crippen LogP contribution is 2.40. The van der Waals surface area contributed by atoms with Gasteiger partial charge >= 0.3 is 6.15 Å². The number of ether oxygens (including phenoxy) is 1. The number of carbonyl (C=O) groups excluding carboxylic acids is 2. The summed E-state index contributed by atoms with van der Waals surface area (Å²) >= 11 is 12.3. The Morgan fingerprint density at radius 1 is 1.22 bits per heavy atom. The van der Waals surface area contributed by atoms with Gasteiger partial charge in [-0.2, -0.15) is 14.7 Å². The van der Waals surface area contributed by atoms with Crippen molar-refractivity contribution in [1.29, 1.82) is 0 Å². The van der Waals surface area contributed by atoms with Crippen LogP contribution in [0.5, 0.6) is 0 Å². The zero-order valence-corrected chi connectivity index (χ0v) is 16.2. The second kappa shape index (κ2) is 9.49. The summed E-state index contributed by atoms with van der Waals surface area (Å²) in [4.78, 5) is 16.2. The van der Waals surface area contributed by atoms with Gasteiger partial charge in [-0.15, -0.1) is 0 Å². The Morgan fingerprint density at radius 2 is 2.00 bits per heavy atom. The lowest BCUT2D eigenvalue weighted by molar-refractivity contribution is -0.191. The van der Waals surface area contributed by atoms with Crippen molar-refractivity contribution in [3.8, 4) is 0 Å². The van der Waals surface area contributed by atoms with Gasteiger partial charge in [0.1, 0.15) is 0 Å². The van der Waals surface area contributed by atoms with E-state index in [0.717, 1.165) is 25.2 Å². The number of nitrogens with zero attached hydrogens (tertiary/aromatic N) is 2. The lowest BCUT2D eigenvalue weighted by Gasteiger charge is -2.26. The first-order valence-corrected chi connectivity index (χ1v) is 9.68. The Kier molecular flexibility index (Phi) is 7.05. The van der Waals surface area contributed by atoms with E-state index in [1.807, 2.05) is 24.4 Å². The summed E-state index contributed by atoms with van der Waals surface area (Å²) in [5, 5.41) is 9.17. The third kappa shape index (κ3) is 5.18. The molecule has 4 rings (SSSR count). The van der Waals surface area contributed by atoms with Gasteiger partial charge in [0.2, 0.25) is 0 Å². The fourth-order valence-electron chi connectivity index (χ4n) is 3.45. The molecule has 0 radical (unpaired) electrons. The summed E-state index contributed by atoms with van der Waals surface area (Å²) in [5.74, 6) is 0.984. The minimum atomic E-state index is -0.00832. The molecule has 1 aliphatic carbocycles. The highest BCUT2D eigenvalue weighted by molar-refractivity contribution is 6.42. The molecule has 2 fully saturated rings. The van der Waals surface area contributed by atoms with Gasteiger partial charge in [0.25, 0.3) is 0 Å². The molecule has 27 heavy (non-hydrogen) atoms. The smallest absolute Gasteiger partial charge is 0.372 e. The first-order chi connectivity index (χ1) is 13.1. The highest BCUT2D eigenvalue weighted by Gasteiger charge is 2.31. The van der Waals surface area contributed by atoms with E-state index in [0.29, 0.717) is 28.5 Å². The van der Waals surface area contributed by atoms with Crippen LogP contribution in [0.15, 0.2) is 30.5 Å². The molecule has 2 heterocycles. The molecule has 1 saturated heterocycles. The van der Waals surface area contributed by atoms with Crippen molar-refractivity contribution in [3.63, 3.8) is 0 Å². The van der Waals surface area contributed by atoms with E-state index in [1.54, 1.807) is 0 Å². The standard InChI is InChI=1S/C18H21Cl2N3O.CO2/c19-15-4-3-13(9-16(15)20)18-14(10-21-7-8-24-18)11-23-17(5-6-22-23)12-1-2-12;2-1-3/h3-6,9,12,14,18,21H,1-2,7-8,10-11H2;/t14-,18-;/m0./s1. The number of rotatable bonds is 4. The summed E-state index contributed by atoms with van der Waals surface area (Å²) in [6, 6.07) is 7.94. The van der Waals surface area contributed by atoms with Gasteiger partial charge in [0, 0.05) is 43.4 Å². The van der Waals surface area contributed by atoms with E-state index in [9.17, 15) is 0 Å². The topological polar surface area (TPSA) is 73.2 Å². The van der Waals surface area contributed by atoms with Crippen molar-refractivity contribution in [3.05, 3.63) is 51.8 Å². The molecule has 0 unspecified atom stereocenters. The molecule has 2 aliphatic rings. The van der Waals surface area contributed by atoms with Crippen molar-refractivity contribution >= 4 is 29.4 Å². The third-order valence-electron chi connectivity index (χ3n) is 4.84. The van der Waals surface area contributed by atoms with E-state index in [1.165, 1.54) is 18.5 Å². The van der Waals surface area contributed by atoms with E-state index >= 15 is 0 Å². The molecule has 144 valence electrons. The Balaban J connectivity index is 0.000000659. The second-order valence-electron chi connectivity index (χ2n) is 6.72. The quantitative estimate of drug-likeness (QED) is 0.836. The minimum absolute atomic E-state index is 0.00832. The Hall–Kier alpha value is -1.69. The number of halogens is 2. The summed E-state index contributed by atoms with van der Waals surface area (Å²) in [6.45, 7) is 3.30. The molecular formula is C19H21Cl2N3O3. The molecule has 1 N–H and O–H groups in total. The van der Waals surface area contributed by atoms with Gasteiger partial charge in [0.15, 0.2) is 0 Å². The molecule has 1 aromatic carbocycles. The van der Waals surface area contributed by atoms with Crippen molar-refractivity contribution in [2.24, 2.45) is 5.92 Å². The summed E-state index contributed by atoms with van der Waals surface area (Å²) in [7, 11) is 0. The molecule has 1 aromatic heterocycles. The maximum absolute atomic E-state index is 8.12. The normalized spacial score (nSPS) is 22.3. The summed E-state index contributed by atoms with van der Waals surface area (Å²) in [5.41, 5.74) is 2.44. The van der Waals surface area contributed by atoms with Gasteiger partial charge < -0.3 is 10.1 Å². The fraction of sp³-hybridized carbons (Fsp3) is 0.474. The first-order valence-electron chi connectivity index (χ1n) is 8.92. The van der Waals surface area contributed by atoms with Crippen molar-refractivity contribution in [1.82, 2.24) is 15.1 Å². The number of hydrogen-bond donors (Lipinski definition) is 1. The molecule has 1 saturated carbocycles. The first kappa shape index (κ1) is 20.1. The van der Waals surface area contributed by atoms with Crippen LogP contribution in [0.1, 0.15) is 36.1 Å². The number of benzene rings is 1. The largest absolute Gasteiger partial charge is 0.373 e.